The van der Waals surface area contributed by atoms with Crippen LogP contribution in [0.5, 0.6) is 5.75 Å². The number of amidine groups is 1. The number of aliphatic imine (C=N–C) groups is 1. The number of likely N-dealkylation sites (N-methyl/N-ethyl adjacent to an activating group) is 1. The molecule has 1 saturated heterocycles. The molecule has 0 radical (unpaired) electrons. The van der Waals surface area contributed by atoms with Gasteiger partial charge in [0.2, 0.25) is 0 Å². The number of benzene rings is 2. The van der Waals surface area contributed by atoms with Gasteiger partial charge in [0.1, 0.15) is 12.4 Å². The number of hydrogen-bond donors (Lipinski definition) is 0. The summed E-state index contributed by atoms with van der Waals surface area (Å²) in [6.45, 7) is 0.00199. The van der Waals surface area contributed by atoms with Gasteiger partial charge in [0, 0.05) is 19.7 Å². The topological polar surface area (TPSA) is 41.9 Å². The van der Waals surface area contributed by atoms with E-state index in [2.05, 4.69) is 4.99 Å². The molecule has 0 aromatic heterocycles. The molecule has 1 aliphatic heterocycles. The molecule has 140 valence electrons. The van der Waals surface area contributed by atoms with Crippen molar-refractivity contribution in [2.24, 2.45) is 4.99 Å². The Morgan fingerprint density at radius 1 is 1.26 bits per heavy atom. The number of carbonyl (C=O) groups excluding carboxylic acids is 1. The van der Waals surface area contributed by atoms with Crippen LogP contribution in [-0.4, -0.2) is 30.1 Å². The van der Waals surface area contributed by atoms with Crippen LogP contribution >= 0.6 is 35.0 Å². The Morgan fingerprint density at radius 2 is 1.93 bits per heavy atom. The highest BCUT2D eigenvalue weighted by molar-refractivity contribution is 8.18. The van der Waals surface area contributed by atoms with Crippen LogP contribution in [0.3, 0.4) is 0 Å². The van der Waals surface area contributed by atoms with Gasteiger partial charge in [-0.15, -0.1) is 0 Å². The molecular weight excluding hydrogens is 410 g/mol. The molecule has 0 spiro atoms. The third-order valence-electron chi connectivity index (χ3n) is 3.84. The standard InChI is InChI=1S/C19H15Cl2FN2O2S/c1-23-19-24(2)18(25)16(27-19)9-11-7-13(20)17(14(21)8-11)26-10-12-5-3-4-6-15(12)22/h3-9H,10H2,1-2H3/b16-9+,23-19?. The molecule has 0 N–H and O–H groups in total. The van der Waals surface area contributed by atoms with Gasteiger partial charge in [-0.1, -0.05) is 41.4 Å². The van der Waals surface area contributed by atoms with E-state index in [4.69, 9.17) is 27.9 Å². The molecule has 0 unspecified atom stereocenters. The van der Waals surface area contributed by atoms with Crippen LogP contribution < -0.4 is 4.74 Å². The lowest BCUT2D eigenvalue weighted by atomic mass is 10.2. The minimum absolute atomic E-state index is 0.00199. The largest absolute Gasteiger partial charge is 0.486 e. The zero-order valence-corrected chi connectivity index (χ0v) is 16.8. The second-order valence-corrected chi connectivity index (χ2v) is 7.50. The maximum atomic E-state index is 13.7. The molecule has 0 aliphatic carbocycles. The Morgan fingerprint density at radius 3 is 2.52 bits per heavy atom. The number of halogens is 3. The average molecular weight is 425 g/mol. The Kier molecular flexibility index (Phi) is 6.09. The van der Waals surface area contributed by atoms with Crippen molar-refractivity contribution in [3.63, 3.8) is 0 Å². The maximum Gasteiger partial charge on any atom is 0.266 e. The summed E-state index contributed by atoms with van der Waals surface area (Å²) in [5.74, 6) is -0.241. The third kappa shape index (κ3) is 4.29. The number of amides is 1. The molecule has 2 aromatic rings. The van der Waals surface area contributed by atoms with Gasteiger partial charge in [-0.2, -0.15) is 0 Å². The van der Waals surface area contributed by atoms with Crippen molar-refractivity contribution in [1.82, 2.24) is 4.90 Å². The van der Waals surface area contributed by atoms with Crippen molar-refractivity contribution >= 4 is 52.1 Å². The quantitative estimate of drug-likeness (QED) is 0.629. The second-order valence-electron chi connectivity index (χ2n) is 5.67. The van der Waals surface area contributed by atoms with Gasteiger partial charge in [-0.3, -0.25) is 14.7 Å². The first-order valence-corrected chi connectivity index (χ1v) is 9.47. The molecule has 3 rings (SSSR count). The lowest BCUT2D eigenvalue weighted by Gasteiger charge is -2.11. The summed E-state index contributed by atoms with van der Waals surface area (Å²) in [4.78, 5) is 18.3. The van der Waals surface area contributed by atoms with Gasteiger partial charge in [-0.05, 0) is 41.6 Å². The number of nitrogens with zero attached hydrogens (tertiary/aromatic N) is 2. The van der Waals surface area contributed by atoms with E-state index >= 15 is 0 Å². The van der Waals surface area contributed by atoms with Gasteiger partial charge in [0.05, 0.1) is 15.0 Å². The summed E-state index contributed by atoms with van der Waals surface area (Å²) < 4.78 is 19.3. The molecular formula is C19H15Cl2FN2O2S. The molecule has 1 aliphatic rings. The molecule has 2 aromatic carbocycles. The first-order valence-electron chi connectivity index (χ1n) is 7.90. The second kappa shape index (κ2) is 8.33. The van der Waals surface area contributed by atoms with Crippen LogP contribution in [0.2, 0.25) is 10.0 Å². The first-order chi connectivity index (χ1) is 12.9. The van der Waals surface area contributed by atoms with Crippen LogP contribution in [0.25, 0.3) is 6.08 Å². The number of thioether (sulfide) groups is 1. The molecule has 1 fully saturated rings. The summed E-state index contributed by atoms with van der Waals surface area (Å²) in [7, 11) is 3.29. The van der Waals surface area contributed by atoms with Crippen LogP contribution in [0, 0.1) is 5.82 Å². The van der Waals surface area contributed by atoms with Crippen LogP contribution in [-0.2, 0) is 11.4 Å². The smallest absolute Gasteiger partial charge is 0.266 e. The molecule has 0 saturated carbocycles. The maximum absolute atomic E-state index is 13.7. The molecule has 0 bridgehead atoms. The van der Waals surface area contributed by atoms with Crippen LogP contribution in [0.1, 0.15) is 11.1 Å². The lowest BCUT2D eigenvalue weighted by Crippen LogP contribution is -2.23. The Bertz CT molecular complexity index is 939. The van der Waals surface area contributed by atoms with E-state index in [-0.39, 0.29) is 34.1 Å². The van der Waals surface area contributed by atoms with E-state index in [9.17, 15) is 9.18 Å². The number of rotatable bonds is 4. The fraction of sp³-hybridized carbons (Fsp3) is 0.158. The van der Waals surface area contributed by atoms with Crippen molar-refractivity contribution < 1.29 is 13.9 Å². The van der Waals surface area contributed by atoms with Gasteiger partial charge < -0.3 is 4.74 Å². The summed E-state index contributed by atoms with van der Waals surface area (Å²) in [5, 5.41) is 1.17. The summed E-state index contributed by atoms with van der Waals surface area (Å²) in [6, 6.07) is 9.61. The fourth-order valence-electron chi connectivity index (χ4n) is 2.47. The van der Waals surface area contributed by atoms with Crippen molar-refractivity contribution in [1.29, 1.82) is 0 Å². The number of ether oxygens (including phenoxy) is 1. The average Bonchev–Trinajstić information content (AvgIpc) is 2.90. The highest BCUT2D eigenvalue weighted by atomic mass is 35.5. The predicted molar refractivity (Wildman–Crippen MR) is 109 cm³/mol. The predicted octanol–water partition coefficient (Wildman–Crippen LogP) is 5.24. The summed E-state index contributed by atoms with van der Waals surface area (Å²) in [6.07, 6.45) is 1.69. The molecule has 8 heteroatoms. The van der Waals surface area contributed by atoms with Gasteiger partial charge in [0.15, 0.2) is 10.9 Å². The van der Waals surface area contributed by atoms with Gasteiger partial charge >= 0.3 is 0 Å². The zero-order valence-electron chi connectivity index (χ0n) is 14.5. The fourth-order valence-corrected chi connectivity index (χ4v) is 4.01. The van der Waals surface area contributed by atoms with E-state index in [1.54, 1.807) is 50.5 Å². The van der Waals surface area contributed by atoms with E-state index in [1.165, 1.54) is 22.7 Å². The Balaban J connectivity index is 1.82. The molecule has 27 heavy (non-hydrogen) atoms. The molecule has 0 atom stereocenters. The van der Waals surface area contributed by atoms with E-state index < -0.39 is 0 Å². The molecule has 1 amide bonds. The summed E-state index contributed by atoms with van der Waals surface area (Å²) >= 11 is 13.9. The number of hydrogen-bond acceptors (Lipinski definition) is 4. The minimum Gasteiger partial charge on any atom is -0.486 e. The first kappa shape index (κ1) is 19.7. The highest BCUT2D eigenvalue weighted by Crippen LogP contribution is 2.37. The lowest BCUT2D eigenvalue weighted by molar-refractivity contribution is -0.121. The van der Waals surface area contributed by atoms with Crippen molar-refractivity contribution in [3.05, 3.63) is 68.3 Å². The molecule has 4 nitrogen and oxygen atoms in total. The van der Waals surface area contributed by atoms with E-state index in [1.807, 2.05) is 0 Å². The zero-order chi connectivity index (χ0) is 19.6. The highest BCUT2D eigenvalue weighted by Gasteiger charge is 2.29. The van der Waals surface area contributed by atoms with Crippen molar-refractivity contribution in [3.8, 4) is 5.75 Å². The van der Waals surface area contributed by atoms with E-state index in [0.29, 0.717) is 21.2 Å². The van der Waals surface area contributed by atoms with Crippen molar-refractivity contribution in [2.45, 2.75) is 6.61 Å². The number of carbonyl (C=O) groups is 1. The Hall–Kier alpha value is -2.02. The normalized spacial score (nSPS) is 17.2. The monoisotopic (exact) mass is 424 g/mol. The van der Waals surface area contributed by atoms with Crippen LogP contribution in [0.15, 0.2) is 46.3 Å². The summed E-state index contributed by atoms with van der Waals surface area (Å²) in [5.41, 5.74) is 1.06. The van der Waals surface area contributed by atoms with E-state index in [0.717, 1.165) is 0 Å². The van der Waals surface area contributed by atoms with Gasteiger partial charge in [0.25, 0.3) is 5.91 Å². The SMILES string of the molecule is CN=C1S/C(=C/c2cc(Cl)c(OCc3ccccc3F)c(Cl)c2)C(=O)N1C. The Labute approximate surface area is 170 Å². The molecule has 1 heterocycles. The third-order valence-corrected chi connectivity index (χ3v) is 5.56. The van der Waals surface area contributed by atoms with Crippen LogP contribution in [0.4, 0.5) is 4.39 Å². The van der Waals surface area contributed by atoms with Gasteiger partial charge in [-0.25, -0.2) is 4.39 Å². The minimum atomic E-state index is -0.361. The van der Waals surface area contributed by atoms with Crippen molar-refractivity contribution in [2.75, 3.05) is 14.1 Å².